The molecule has 0 atom stereocenters. The first-order chi connectivity index (χ1) is 16.5. The summed E-state index contributed by atoms with van der Waals surface area (Å²) >= 11 is 6.07. The molecule has 1 saturated heterocycles. The average molecular weight is 481 g/mol. The molecule has 1 aliphatic rings. The van der Waals surface area contributed by atoms with Crippen LogP contribution in [0.25, 0.3) is 0 Å². The lowest BCUT2D eigenvalue weighted by Gasteiger charge is -2.33. The van der Waals surface area contributed by atoms with E-state index in [1.807, 2.05) is 54.6 Å². The largest absolute Gasteiger partial charge is 0.351 e. The third-order valence-electron chi connectivity index (χ3n) is 5.74. The molecule has 4 rings (SSSR count). The highest BCUT2D eigenvalue weighted by molar-refractivity contribution is 6.30. The van der Waals surface area contributed by atoms with Crippen molar-refractivity contribution in [2.75, 3.05) is 44.6 Å². The highest BCUT2D eigenvalue weighted by Gasteiger charge is 2.21. The zero-order chi connectivity index (χ0) is 23.8. The highest BCUT2D eigenvalue weighted by atomic mass is 35.5. The van der Waals surface area contributed by atoms with Gasteiger partial charge in [-0.1, -0.05) is 54.1 Å². The number of anilines is 1. The number of hydrogen-bond donors (Lipinski definition) is 2. The monoisotopic (exact) mass is 480 g/mol. The van der Waals surface area contributed by atoms with E-state index in [0.717, 1.165) is 37.3 Å². The Morgan fingerprint density at radius 1 is 0.853 bits per heavy atom. The van der Waals surface area contributed by atoms with Crippen LogP contribution in [0.15, 0.2) is 66.9 Å². The van der Waals surface area contributed by atoms with Crippen molar-refractivity contribution in [3.63, 3.8) is 0 Å². The Morgan fingerprint density at radius 2 is 1.53 bits per heavy atom. The Kier molecular flexibility index (Phi) is 8.30. The van der Waals surface area contributed by atoms with Crippen LogP contribution in [0.1, 0.15) is 11.1 Å². The van der Waals surface area contributed by atoms with Crippen LogP contribution in [0.4, 0.5) is 5.82 Å². The fraction of sp³-hybridized carbons (Fsp3) is 0.320. The summed E-state index contributed by atoms with van der Waals surface area (Å²) < 4.78 is 1.75. The van der Waals surface area contributed by atoms with Crippen LogP contribution in [0.5, 0.6) is 0 Å². The van der Waals surface area contributed by atoms with Crippen LogP contribution in [0.2, 0.25) is 5.02 Å². The summed E-state index contributed by atoms with van der Waals surface area (Å²) in [5.74, 6) is 0.587. The maximum absolute atomic E-state index is 12.6. The number of benzene rings is 2. The average Bonchev–Trinajstić information content (AvgIpc) is 3.26. The summed E-state index contributed by atoms with van der Waals surface area (Å²) in [5.41, 5.74) is 2.09. The van der Waals surface area contributed by atoms with Crippen LogP contribution >= 0.6 is 11.6 Å². The quantitative estimate of drug-likeness (QED) is 0.491. The van der Waals surface area contributed by atoms with Gasteiger partial charge in [-0.25, -0.2) is 4.68 Å². The number of nitrogens with zero attached hydrogens (tertiary/aromatic N) is 4. The zero-order valence-electron chi connectivity index (χ0n) is 19.0. The fourth-order valence-electron chi connectivity index (χ4n) is 3.92. The summed E-state index contributed by atoms with van der Waals surface area (Å²) in [4.78, 5) is 29.1. The lowest BCUT2D eigenvalue weighted by atomic mass is 10.2. The number of carbonyl (C=O) groups excluding carboxylic acids is 2. The van der Waals surface area contributed by atoms with Crippen LogP contribution in [0.3, 0.4) is 0 Å². The van der Waals surface area contributed by atoms with E-state index >= 15 is 0 Å². The molecule has 2 amide bonds. The summed E-state index contributed by atoms with van der Waals surface area (Å²) in [5, 5.41) is 10.9. The summed E-state index contributed by atoms with van der Waals surface area (Å²) in [7, 11) is 0. The Balaban J connectivity index is 1.18. The third-order valence-corrected chi connectivity index (χ3v) is 5.97. The van der Waals surface area contributed by atoms with Gasteiger partial charge in [-0.05, 0) is 23.3 Å². The normalized spacial score (nSPS) is 14.6. The second kappa shape index (κ2) is 11.8. The number of aromatic nitrogens is 2. The first-order valence-corrected chi connectivity index (χ1v) is 11.7. The van der Waals surface area contributed by atoms with E-state index in [0.29, 0.717) is 37.0 Å². The van der Waals surface area contributed by atoms with Crippen LogP contribution in [-0.4, -0.2) is 70.7 Å². The van der Waals surface area contributed by atoms with Crippen molar-refractivity contribution in [1.82, 2.24) is 24.9 Å². The van der Waals surface area contributed by atoms with Crippen molar-refractivity contribution < 1.29 is 9.59 Å². The summed E-state index contributed by atoms with van der Waals surface area (Å²) in [6, 6.07) is 19.2. The van der Waals surface area contributed by atoms with Gasteiger partial charge in [-0.2, -0.15) is 5.10 Å². The second-order valence-corrected chi connectivity index (χ2v) is 8.80. The molecule has 0 radical (unpaired) electrons. The van der Waals surface area contributed by atoms with Gasteiger partial charge in [0.2, 0.25) is 11.8 Å². The molecule has 0 saturated carbocycles. The van der Waals surface area contributed by atoms with Gasteiger partial charge in [0.05, 0.1) is 25.8 Å². The Morgan fingerprint density at radius 3 is 2.24 bits per heavy atom. The SMILES string of the molecule is O=C(CN1CCN(CC(=O)Nc2ccnn2Cc2cccc(Cl)c2)CC1)NCc1ccccc1. The molecule has 0 aliphatic carbocycles. The molecule has 0 spiro atoms. The minimum Gasteiger partial charge on any atom is -0.351 e. The molecular formula is C25H29ClN6O2. The number of hydrogen-bond acceptors (Lipinski definition) is 5. The molecular weight excluding hydrogens is 452 g/mol. The fourth-order valence-corrected chi connectivity index (χ4v) is 4.13. The molecule has 9 heteroatoms. The molecule has 1 aliphatic heterocycles. The van der Waals surface area contributed by atoms with E-state index in [1.165, 1.54) is 0 Å². The van der Waals surface area contributed by atoms with Gasteiger partial charge in [0.25, 0.3) is 0 Å². The predicted molar refractivity (Wildman–Crippen MR) is 133 cm³/mol. The van der Waals surface area contributed by atoms with E-state index in [1.54, 1.807) is 16.9 Å². The molecule has 1 aromatic heterocycles. The number of amides is 2. The lowest BCUT2D eigenvalue weighted by Crippen LogP contribution is -2.51. The molecule has 178 valence electrons. The van der Waals surface area contributed by atoms with Crippen LogP contribution in [-0.2, 0) is 22.7 Å². The van der Waals surface area contributed by atoms with Gasteiger partial charge < -0.3 is 10.6 Å². The maximum Gasteiger partial charge on any atom is 0.239 e. The molecule has 8 nitrogen and oxygen atoms in total. The molecule has 2 N–H and O–H groups in total. The van der Waals surface area contributed by atoms with E-state index in [-0.39, 0.29) is 11.8 Å². The molecule has 1 fully saturated rings. The van der Waals surface area contributed by atoms with Gasteiger partial charge in [-0.15, -0.1) is 0 Å². The molecule has 3 aromatic rings. The lowest BCUT2D eigenvalue weighted by molar-refractivity contribution is -0.123. The van der Waals surface area contributed by atoms with Crippen LogP contribution < -0.4 is 10.6 Å². The van der Waals surface area contributed by atoms with Crippen molar-refractivity contribution in [1.29, 1.82) is 0 Å². The number of nitrogens with one attached hydrogen (secondary N) is 2. The first-order valence-electron chi connectivity index (χ1n) is 11.4. The van der Waals surface area contributed by atoms with Crippen molar-refractivity contribution in [2.45, 2.75) is 13.1 Å². The topological polar surface area (TPSA) is 82.5 Å². The van der Waals surface area contributed by atoms with Crippen molar-refractivity contribution in [3.05, 3.63) is 83.0 Å². The van der Waals surface area contributed by atoms with Crippen molar-refractivity contribution in [2.24, 2.45) is 0 Å². The smallest absolute Gasteiger partial charge is 0.239 e. The van der Waals surface area contributed by atoms with Gasteiger partial charge in [0.15, 0.2) is 0 Å². The van der Waals surface area contributed by atoms with Crippen molar-refractivity contribution in [3.8, 4) is 0 Å². The number of piperazine rings is 1. The van der Waals surface area contributed by atoms with Gasteiger partial charge >= 0.3 is 0 Å². The number of halogens is 1. The summed E-state index contributed by atoms with van der Waals surface area (Å²) in [6.45, 7) is 4.70. The summed E-state index contributed by atoms with van der Waals surface area (Å²) in [6.07, 6.45) is 1.67. The number of rotatable bonds is 9. The van der Waals surface area contributed by atoms with E-state index in [9.17, 15) is 9.59 Å². The third kappa shape index (κ3) is 7.15. The standard InChI is InChI=1S/C25H29ClN6O2/c26-22-8-4-7-21(15-22)17-32-23(9-10-28-32)29-25(34)19-31-13-11-30(12-14-31)18-24(33)27-16-20-5-2-1-3-6-20/h1-10,15H,11-14,16-19H2,(H,27,33)(H,29,34). The first kappa shape index (κ1) is 23.9. The Hall–Kier alpha value is -3.20. The minimum atomic E-state index is -0.0816. The zero-order valence-corrected chi connectivity index (χ0v) is 19.7. The van der Waals surface area contributed by atoms with Gasteiger partial charge in [0.1, 0.15) is 5.82 Å². The molecule has 2 aromatic carbocycles. The second-order valence-electron chi connectivity index (χ2n) is 8.37. The Labute approximate surface area is 204 Å². The van der Waals surface area contributed by atoms with Crippen LogP contribution in [0, 0.1) is 0 Å². The molecule has 0 bridgehead atoms. The van der Waals surface area contributed by atoms with Gasteiger partial charge in [0, 0.05) is 43.8 Å². The van der Waals surface area contributed by atoms with Gasteiger partial charge in [-0.3, -0.25) is 19.4 Å². The molecule has 34 heavy (non-hydrogen) atoms. The van der Waals surface area contributed by atoms with Crippen molar-refractivity contribution >= 4 is 29.2 Å². The maximum atomic E-state index is 12.6. The molecule has 2 heterocycles. The minimum absolute atomic E-state index is 0.0167. The van der Waals surface area contributed by atoms with E-state index in [2.05, 4.69) is 25.5 Å². The number of carbonyl (C=O) groups is 2. The van der Waals surface area contributed by atoms with E-state index < -0.39 is 0 Å². The predicted octanol–water partition coefficient (Wildman–Crippen LogP) is 2.46. The highest BCUT2D eigenvalue weighted by Crippen LogP contribution is 2.14. The van der Waals surface area contributed by atoms with E-state index in [4.69, 9.17) is 11.6 Å². The Bertz CT molecular complexity index is 1100. The molecule has 0 unspecified atom stereocenters.